The second kappa shape index (κ2) is 3.15. The summed E-state index contributed by atoms with van der Waals surface area (Å²) >= 11 is 0. The maximum atomic E-state index is 5.64. The summed E-state index contributed by atoms with van der Waals surface area (Å²) in [6, 6.07) is 0.0729. The molecule has 0 aromatic heterocycles. The quantitative estimate of drug-likeness (QED) is 0.533. The number of rotatable bonds is 1. The van der Waals surface area contributed by atoms with E-state index in [1.165, 1.54) is 0 Å². The highest BCUT2D eigenvalue weighted by Crippen LogP contribution is 2.07. The predicted molar refractivity (Wildman–Crippen MR) is 34.2 cm³/mol. The van der Waals surface area contributed by atoms with E-state index in [4.69, 9.17) is 15.2 Å². The molecule has 0 spiro atoms. The smallest absolute Gasteiger partial charge is 0.0766 e. The van der Waals surface area contributed by atoms with Crippen molar-refractivity contribution in [3.63, 3.8) is 0 Å². The zero-order valence-electron chi connectivity index (χ0n) is 5.67. The lowest BCUT2D eigenvalue weighted by atomic mass is 10.1. The average Bonchev–Trinajstić information content (AvgIpc) is 1.89. The molecule has 0 bridgehead atoms. The van der Waals surface area contributed by atoms with E-state index in [1.54, 1.807) is 7.11 Å². The standard InChI is InChI=1S/C6H13NO2/c1-8-6-2-3-9-4-5(6)7/h5-6H,2-4,7H2,1H3/t5-,6?/m1/s1. The van der Waals surface area contributed by atoms with Crippen LogP contribution in [0.15, 0.2) is 0 Å². The van der Waals surface area contributed by atoms with Crippen LogP contribution < -0.4 is 5.73 Å². The summed E-state index contributed by atoms with van der Waals surface area (Å²) in [5.74, 6) is 0. The van der Waals surface area contributed by atoms with Crippen LogP contribution in [0, 0.1) is 0 Å². The molecule has 0 aromatic carbocycles. The van der Waals surface area contributed by atoms with Gasteiger partial charge in [0.15, 0.2) is 0 Å². The van der Waals surface area contributed by atoms with Gasteiger partial charge in [0.05, 0.1) is 18.8 Å². The Morgan fingerprint density at radius 1 is 1.67 bits per heavy atom. The molecule has 0 amide bonds. The second-order valence-corrected chi connectivity index (χ2v) is 2.30. The molecule has 0 aromatic rings. The molecular weight excluding hydrogens is 118 g/mol. The van der Waals surface area contributed by atoms with Crippen LogP contribution >= 0.6 is 0 Å². The zero-order chi connectivity index (χ0) is 6.69. The molecule has 1 unspecified atom stereocenters. The number of methoxy groups -OCH3 is 1. The van der Waals surface area contributed by atoms with Gasteiger partial charge in [-0.05, 0) is 6.42 Å². The number of hydrogen-bond acceptors (Lipinski definition) is 3. The van der Waals surface area contributed by atoms with Crippen LogP contribution in [0.1, 0.15) is 6.42 Å². The van der Waals surface area contributed by atoms with Gasteiger partial charge in [0, 0.05) is 13.7 Å². The second-order valence-electron chi connectivity index (χ2n) is 2.30. The normalized spacial score (nSPS) is 36.7. The fourth-order valence-corrected chi connectivity index (χ4v) is 1.03. The maximum absolute atomic E-state index is 5.64. The molecule has 0 saturated carbocycles. The first kappa shape index (κ1) is 6.99. The van der Waals surface area contributed by atoms with Gasteiger partial charge in [-0.25, -0.2) is 0 Å². The van der Waals surface area contributed by atoms with Gasteiger partial charge in [0.2, 0.25) is 0 Å². The first-order valence-electron chi connectivity index (χ1n) is 3.20. The van der Waals surface area contributed by atoms with Gasteiger partial charge in [0.1, 0.15) is 0 Å². The van der Waals surface area contributed by atoms with Crippen LogP contribution in [0.2, 0.25) is 0 Å². The summed E-state index contributed by atoms with van der Waals surface area (Å²) in [5, 5.41) is 0. The Balaban J connectivity index is 2.30. The van der Waals surface area contributed by atoms with E-state index in [-0.39, 0.29) is 12.1 Å². The zero-order valence-corrected chi connectivity index (χ0v) is 5.67. The fourth-order valence-electron chi connectivity index (χ4n) is 1.03. The molecular formula is C6H13NO2. The molecule has 1 rings (SSSR count). The van der Waals surface area contributed by atoms with Crippen molar-refractivity contribution in [2.75, 3.05) is 20.3 Å². The summed E-state index contributed by atoms with van der Waals surface area (Å²) in [4.78, 5) is 0. The lowest BCUT2D eigenvalue weighted by Gasteiger charge is -2.26. The average molecular weight is 131 g/mol. The van der Waals surface area contributed by atoms with Crippen molar-refractivity contribution in [1.82, 2.24) is 0 Å². The van der Waals surface area contributed by atoms with Gasteiger partial charge in [-0.1, -0.05) is 0 Å². The summed E-state index contributed by atoms with van der Waals surface area (Å²) in [7, 11) is 1.69. The van der Waals surface area contributed by atoms with Gasteiger partial charge >= 0.3 is 0 Å². The number of ether oxygens (including phenoxy) is 2. The minimum Gasteiger partial charge on any atom is -0.380 e. The van der Waals surface area contributed by atoms with E-state index in [9.17, 15) is 0 Å². The molecule has 3 nitrogen and oxygen atoms in total. The van der Waals surface area contributed by atoms with Gasteiger partial charge in [0.25, 0.3) is 0 Å². The number of hydrogen-bond donors (Lipinski definition) is 1. The monoisotopic (exact) mass is 131 g/mol. The summed E-state index contributed by atoms with van der Waals surface area (Å²) in [6.45, 7) is 1.42. The Labute approximate surface area is 55.1 Å². The Morgan fingerprint density at radius 2 is 2.44 bits per heavy atom. The highest BCUT2D eigenvalue weighted by Gasteiger charge is 2.21. The van der Waals surface area contributed by atoms with Gasteiger partial charge in [-0.15, -0.1) is 0 Å². The third-order valence-corrected chi connectivity index (χ3v) is 1.64. The van der Waals surface area contributed by atoms with Crippen molar-refractivity contribution in [3.8, 4) is 0 Å². The minimum atomic E-state index is 0.0729. The van der Waals surface area contributed by atoms with E-state index in [2.05, 4.69) is 0 Å². The van der Waals surface area contributed by atoms with Crippen LogP contribution in [-0.4, -0.2) is 32.5 Å². The van der Waals surface area contributed by atoms with Crippen molar-refractivity contribution in [2.45, 2.75) is 18.6 Å². The molecule has 9 heavy (non-hydrogen) atoms. The molecule has 0 aliphatic carbocycles. The Morgan fingerprint density at radius 3 is 2.89 bits per heavy atom. The summed E-state index contributed by atoms with van der Waals surface area (Å²) in [6.07, 6.45) is 1.14. The molecule has 0 radical (unpaired) electrons. The third-order valence-electron chi connectivity index (χ3n) is 1.64. The van der Waals surface area contributed by atoms with E-state index < -0.39 is 0 Å². The van der Waals surface area contributed by atoms with Gasteiger partial charge < -0.3 is 15.2 Å². The first-order chi connectivity index (χ1) is 4.34. The van der Waals surface area contributed by atoms with Crippen molar-refractivity contribution in [1.29, 1.82) is 0 Å². The fraction of sp³-hybridized carbons (Fsp3) is 1.00. The van der Waals surface area contributed by atoms with Crippen LogP contribution in [0.3, 0.4) is 0 Å². The van der Waals surface area contributed by atoms with E-state index in [0.29, 0.717) is 6.61 Å². The van der Waals surface area contributed by atoms with E-state index >= 15 is 0 Å². The molecule has 1 aliphatic rings. The van der Waals surface area contributed by atoms with Crippen LogP contribution in [0.5, 0.6) is 0 Å². The van der Waals surface area contributed by atoms with Crippen molar-refractivity contribution in [3.05, 3.63) is 0 Å². The number of nitrogens with two attached hydrogens (primary N) is 1. The molecule has 1 aliphatic heterocycles. The molecule has 1 saturated heterocycles. The largest absolute Gasteiger partial charge is 0.380 e. The van der Waals surface area contributed by atoms with Crippen LogP contribution in [0.4, 0.5) is 0 Å². The lowest BCUT2D eigenvalue weighted by Crippen LogP contribution is -2.44. The molecule has 1 fully saturated rings. The van der Waals surface area contributed by atoms with Gasteiger partial charge in [-0.3, -0.25) is 0 Å². The summed E-state index contributed by atoms with van der Waals surface area (Å²) < 4.78 is 10.2. The summed E-state index contributed by atoms with van der Waals surface area (Å²) in [5.41, 5.74) is 5.64. The third kappa shape index (κ3) is 1.64. The Bertz CT molecular complexity index is 87.1. The maximum Gasteiger partial charge on any atom is 0.0766 e. The Kier molecular flexibility index (Phi) is 2.45. The van der Waals surface area contributed by atoms with Crippen molar-refractivity contribution >= 4 is 0 Å². The van der Waals surface area contributed by atoms with Gasteiger partial charge in [-0.2, -0.15) is 0 Å². The molecule has 54 valence electrons. The Hall–Kier alpha value is -0.120. The molecule has 2 atom stereocenters. The van der Waals surface area contributed by atoms with Crippen molar-refractivity contribution in [2.24, 2.45) is 5.73 Å². The molecule has 2 N–H and O–H groups in total. The van der Waals surface area contributed by atoms with Crippen molar-refractivity contribution < 1.29 is 9.47 Å². The van der Waals surface area contributed by atoms with Crippen LogP contribution in [-0.2, 0) is 9.47 Å². The predicted octanol–water partition coefficient (Wildman–Crippen LogP) is -0.251. The first-order valence-corrected chi connectivity index (χ1v) is 3.20. The molecule has 1 heterocycles. The van der Waals surface area contributed by atoms with Crippen LogP contribution in [0.25, 0.3) is 0 Å². The highest BCUT2D eigenvalue weighted by molar-refractivity contribution is 4.75. The topological polar surface area (TPSA) is 44.5 Å². The lowest BCUT2D eigenvalue weighted by molar-refractivity contribution is -0.0258. The SMILES string of the molecule is COC1CCOC[C@H]1N. The highest BCUT2D eigenvalue weighted by atomic mass is 16.5. The van der Waals surface area contributed by atoms with E-state index in [0.717, 1.165) is 13.0 Å². The van der Waals surface area contributed by atoms with E-state index in [1.807, 2.05) is 0 Å². The molecule has 3 heteroatoms. The minimum absolute atomic E-state index is 0.0729.